The van der Waals surface area contributed by atoms with E-state index in [1.54, 1.807) is 23.4 Å². The third-order valence-electron chi connectivity index (χ3n) is 4.39. The van der Waals surface area contributed by atoms with Crippen molar-refractivity contribution in [3.05, 3.63) is 87.7 Å². The maximum Gasteiger partial charge on any atom is 0.256 e. The summed E-state index contributed by atoms with van der Waals surface area (Å²) in [6.07, 6.45) is 0. The van der Waals surface area contributed by atoms with Gasteiger partial charge in [-0.15, -0.1) is 0 Å². The average Bonchev–Trinajstić information content (AvgIpc) is 3.01. The molecular formula is C22H21ClN4OS. The molecule has 0 unspecified atom stereocenters. The molecule has 1 aromatic heterocycles. The molecule has 0 bridgehead atoms. The van der Waals surface area contributed by atoms with Crippen LogP contribution in [0.15, 0.2) is 54.6 Å². The zero-order valence-electron chi connectivity index (χ0n) is 16.1. The van der Waals surface area contributed by atoms with Gasteiger partial charge in [0.15, 0.2) is 0 Å². The number of nitrogens with zero attached hydrogens (tertiary/aromatic N) is 3. The second kappa shape index (κ2) is 10.1. The summed E-state index contributed by atoms with van der Waals surface area (Å²) < 4.78 is 1.65. The first-order valence-corrected chi connectivity index (χ1v) is 10.7. The Labute approximate surface area is 179 Å². The number of thioether (sulfide) groups is 1. The largest absolute Gasteiger partial charge is 0.351 e. The predicted octanol–water partition coefficient (Wildman–Crippen LogP) is 4.43. The van der Waals surface area contributed by atoms with Crippen LogP contribution in [-0.4, -0.2) is 28.0 Å². The standard InChI is InChI=1S/C22H21ClN4OS/c1-16-20(21(23)27(26-16)14-17-7-3-2-4-8-17)22(28)25-11-12-29-15-19-10-6-5-9-18(19)13-24/h2-10H,11-12,14-15H2,1H3,(H,25,28). The van der Waals surface area contributed by atoms with E-state index in [2.05, 4.69) is 16.5 Å². The molecule has 3 rings (SSSR count). The van der Waals surface area contributed by atoms with Gasteiger partial charge in [0.05, 0.1) is 29.4 Å². The van der Waals surface area contributed by atoms with Crippen molar-refractivity contribution in [1.82, 2.24) is 15.1 Å². The quantitative estimate of drug-likeness (QED) is 0.543. The van der Waals surface area contributed by atoms with E-state index in [-0.39, 0.29) is 5.91 Å². The lowest BCUT2D eigenvalue weighted by Crippen LogP contribution is -2.26. The molecule has 0 saturated carbocycles. The molecule has 0 atom stereocenters. The van der Waals surface area contributed by atoms with Crippen LogP contribution in [-0.2, 0) is 12.3 Å². The first kappa shape index (κ1) is 21.0. The van der Waals surface area contributed by atoms with Crippen LogP contribution in [0.2, 0.25) is 5.15 Å². The van der Waals surface area contributed by atoms with Gasteiger partial charge < -0.3 is 5.32 Å². The summed E-state index contributed by atoms with van der Waals surface area (Å²) in [5.41, 5.74) is 3.80. The fourth-order valence-corrected chi connectivity index (χ4v) is 4.12. The monoisotopic (exact) mass is 424 g/mol. The summed E-state index contributed by atoms with van der Waals surface area (Å²) in [6, 6.07) is 19.6. The van der Waals surface area contributed by atoms with E-state index in [4.69, 9.17) is 16.9 Å². The highest BCUT2D eigenvalue weighted by Gasteiger charge is 2.20. The first-order chi connectivity index (χ1) is 14.1. The van der Waals surface area contributed by atoms with Gasteiger partial charge in [-0.1, -0.05) is 60.1 Å². The second-order valence-corrected chi connectivity index (χ2v) is 7.94. The van der Waals surface area contributed by atoms with Crippen molar-refractivity contribution in [3.63, 3.8) is 0 Å². The molecule has 1 heterocycles. The maximum absolute atomic E-state index is 12.6. The average molecular weight is 425 g/mol. The number of carbonyl (C=O) groups is 1. The molecule has 5 nitrogen and oxygen atoms in total. The number of benzene rings is 2. The Balaban J connectivity index is 1.52. The zero-order chi connectivity index (χ0) is 20.6. The van der Waals surface area contributed by atoms with Crippen molar-refractivity contribution in [3.8, 4) is 6.07 Å². The molecule has 2 aromatic carbocycles. The van der Waals surface area contributed by atoms with Crippen LogP contribution in [0.4, 0.5) is 0 Å². The lowest BCUT2D eigenvalue weighted by Gasteiger charge is -2.07. The highest BCUT2D eigenvalue weighted by Crippen LogP contribution is 2.21. The van der Waals surface area contributed by atoms with E-state index in [1.807, 2.05) is 54.6 Å². The van der Waals surface area contributed by atoms with Crippen LogP contribution >= 0.6 is 23.4 Å². The highest BCUT2D eigenvalue weighted by atomic mass is 35.5. The Hall–Kier alpha value is -2.75. The number of hydrogen-bond donors (Lipinski definition) is 1. The first-order valence-electron chi connectivity index (χ1n) is 9.21. The molecule has 0 aliphatic rings. The van der Waals surface area contributed by atoms with Gasteiger partial charge in [0.25, 0.3) is 5.91 Å². The fraction of sp³-hybridized carbons (Fsp3) is 0.227. The SMILES string of the molecule is Cc1nn(Cc2ccccc2)c(Cl)c1C(=O)NCCSCc1ccccc1C#N. The van der Waals surface area contributed by atoms with E-state index in [1.165, 1.54) is 0 Å². The number of halogens is 1. The van der Waals surface area contributed by atoms with Gasteiger partial charge in [-0.05, 0) is 24.1 Å². The van der Waals surface area contributed by atoms with E-state index >= 15 is 0 Å². The van der Waals surface area contributed by atoms with Crippen molar-refractivity contribution >= 4 is 29.3 Å². The number of nitriles is 1. The van der Waals surface area contributed by atoms with Crippen LogP contribution in [0.3, 0.4) is 0 Å². The summed E-state index contributed by atoms with van der Waals surface area (Å²) in [4.78, 5) is 12.6. The van der Waals surface area contributed by atoms with Gasteiger partial charge in [-0.2, -0.15) is 22.1 Å². The van der Waals surface area contributed by atoms with Crippen molar-refractivity contribution in [2.45, 2.75) is 19.2 Å². The molecule has 0 fully saturated rings. The van der Waals surface area contributed by atoms with Gasteiger partial charge in [0.2, 0.25) is 0 Å². The third kappa shape index (κ3) is 5.41. The maximum atomic E-state index is 12.6. The summed E-state index contributed by atoms with van der Waals surface area (Å²) in [5, 5.41) is 16.8. The number of aryl methyl sites for hydroxylation is 1. The molecule has 29 heavy (non-hydrogen) atoms. The van der Waals surface area contributed by atoms with Crippen molar-refractivity contribution < 1.29 is 4.79 Å². The molecule has 0 saturated heterocycles. The number of aromatic nitrogens is 2. The second-order valence-electron chi connectivity index (χ2n) is 6.47. The van der Waals surface area contributed by atoms with Crippen molar-refractivity contribution in [2.24, 2.45) is 0 Å². The molecule has 3 aromatic rings. The van der Waals surface area contributed by atoms with E-state index < -0.39 is 0 Å². The number of rotatable bonds is 8. The van der Waals surface area contributed by atoms with Gasteiger partial charge >= 0.3 is 0 Å². The Morgan fingerprint density at radius 2 is 1.93 bits per heavy atom. The van der Waals surface area contributed by atoms with Gasteiger partial charge in [-0.3, -0.25) is 4.79 Å². The molecule has 7 heteroatoms. The summed E-state index contributed by atoms with van der Waals surface area (Å²) in [6.45, 7) is 2.82. The van der Waals surface area contributed by atoms with E-state index in [0.29, 0.717) is 35.1 Å². The molecule has 0 spiro atoms. The predicted molar refractivity (Wildman–Crippen MR) is 117 cm³/mol. The lowest BCUT2D eigenvalue weighted by molar-refractivity contribution is 0.0955. The number of hydrogen-bond acceptors (Lipinski definition) is 4. The Bertz CT molecular complexity index is 1030. The molecule has 0 radical (unpaired) electrons. The van der Waals surface area contributed by atoms with Crippen LogP contribution in [0, 0.1) is 18.3 Å². The van der Waals surface area contributed by atoms with Crippen LogP contribution < -0.4 is 5.32 Å². The normalized spacial score (nSPS) is 10.5. The Morgan fingerprint density at radius 1 is 1.21 bits per heavy atom. The molecule has 0 aliphatic heterocycles. The zero-order valence-corrected chi connectivity index (χ0v) is 17.6. The van der Waals surface area contributed by atoms with Crippen LogP contribution in [0.5, 0.6) is 0 Å². The van der Waals surface area contributed by atoms with Gasteiger partial charge in [0, 0.05) is 18.1 Å². The fourth-order valence-electron chi connectivity index (χ4n) is 2.93. The summed E-state index contributed by atoms with van der Waals surface area (Å²) in [7, 11) is 0. The molecule has 1 amide bonds. The van der Waals surface area contributed by atoms with Gasteiger partial charge in [0.1, 0.15) is 5.15 Å². The molecule has 0 aliphatic carbocycles. The summed E-state index contributed by atoms with van der Waals surface area (Å²) in [5.74, 6) is 1.25. The Morgan fingerprint density at radius 3 is 2.69 bits per heavy atom. The third-order valence-corrected chi connectivity index (χ3v) is 5.79. The molecule has 1 N–H and O–H groups in total. The number of amides is 1. The topological polar surface area (TPSA) is 70.7 Å². The smallest absolute Gasteiger partial charge is 0.256 e. The van der Waals surface area contributed by atoms with Crippen LogP contribution in [0.1, 0.15) is 32.7 Å². The van der Waals surface area contributed by atoms with Crippen molar-refractivity contribution in [2.75, 3.05) is 12.3 Å². The summed E-state index contributed by atoms with van der Waals surface area (Å²) >= 11 is 8.10. The molecule has 148 valence electrons. The minimum absolute atomic E-state index is 0.218. The van der Waals surface area contributed by atoms with E-state index in [0.717, 1.165) is 22.6 Å². The van der Waals surface area contributed by atoms with Crippen molar-refractivity contribution in [1.29, 1.82) is 5.26 Å². The van der Waals surface area contributed by atoms with E-state index in [9.17, 15) is 4.79 Å². The van der Waals surface area contributed by atoms with Crippen LogP contribution in [0.25, 0.3) is 0 Å². The lowest BCUT2D eigenvalue weighted by atomic mass is 10.1. The Kier molecular flexibility index (Phi) is 7.34. The number of carbonyl (C=O) groups excluding carboxylic acids is 1. The minimum Gasteiger partial charge on any atom is -0.351 e. The number of nitrogens with one attached hydrogen (secondary N) is 1. The molecular weight excluding hydrogens is 404 g/mol. The highest BCUT2D eigenvalue weighted by molar-refractivity contribution is 7.98. The minimum atomic E-state index is -0.218. The van der Waals surface area contributed by atoms with Gasteiger partial charge in [-0.25, -0.2) is 4.68 Å².